The van der Waals surface area contributed by atoms with Crippen LogP contribution in [0.1, 0.15) is 6.92 Å². The van der Waals surface area contributed by atoms with E-state index in [1.807, 2.05) is 0 Å². The number of halogens is 2. The molecule has 1 aliphatic carbocycles. The molecule has 0 radical (unpaired) electrons. The van der Waals surface area contributed by atoms with E-state index < -0.39 is 35.9 Å². The number of ether oxygens (including phenoxy) is 1. The van der Waals surface area contributed by atoms with Gasteiger partial charge in [-0.05, 0) is 13.0 Å². The summed E-state index contributed by atoms with van der Waals surface area (Å²) in [5, 5.41) is 18.5. The van der Waals surface area contributed by atoms with Crippen LogP contribution in [0.25, 0.3) is 0 Å². The van der Waals surface area contributed by atoms with Crippen LogP contribution in [0.3, 0.4) is 0 Å². The minimum atomic E-state index is -1.96. The van der Waals surface area contributed by atoms with E-state index in [0.29, 0.717) is 0 Å². The normalized spacial score (nSPS) is 33.2. The van der Waals surface area contributed by atoms with Crippen molar-refractivity contribution in [3.63, 3.8) is 0 Å². The highest BCUT2D eigenvalue weighted by Crippen LogP contribution is 2.40. The Bertz CT molecular complexity index is 567. The Balaban J connectivity index is 2.15. The topological polar surface area (TPSA) is 70.0 Å². The Hall–Kier alpha value is -1.57. The van der Waals surface area contributed by atoms with Crippen LogP contribution in [-0.4, -0.2) is 52.0 Å². The molecule has 108 valence electrons. The van der Waals surface area contributed by atoms with Gasteiger partial charge in [-0.15, -0.1) is 0 Å². The average Bonchev–Trinajstić information content (AvgIpc) is 2.39. The van der Waals surface area contributed by atoms with E-state index in [9.17, 15) is 23.8 Å². The fraction of sp³-hybridized carbons (Fsp3) is 0.462. The first-order chi connectivity index (χ1) is 9.41. The molecule has 5 nitrogen and oxygen atoms in total. The van der Waals surface area contributed by atoms with Crippen LogP contribution in [0.2, 0.25) is 0 Å². The van der Waals surface area contributed by atoms with Gasteiger partial charge in [-0.1, -0.05) is 0 Å². The maximum atomic E-state index is 13.8. The highest BCUT2D eigenvalue weighted by Gasteiger charge is 2.48. The minimum absolute atomic E-state index is 0.0222. The maximum absolute atomic E-state index is 13.8. The van der Waals surface area contributed by atoms with Gasteiger partial charge < -0.3 is 19.8 Å². The van der Waals surface area contributed by atoms with E-state index in [1.54, 1.807) is 11.8 Å². The fourth-order valence-corrected chi connectivity index (χ4v) is 2.79. The summed E-state index contributed by atoms with van der Waals surface area (Å²) in [5.41, 5.74) is -0.277. The zero-order chi connectivity index (χ0) is 14.6. The molecule has 0 bridgehead atoms. The number of morpholine rings is 1. The van der Waals surface area contributed by atoms with E-state index in [2.05, 4.69) is 0 Å². The number of hydrogen-bond donors (Lipinski definition) is 2. The van der Waals surface area contributed by atoms with Crippen LogP contribution in [0.4, 0.5) is 8.78 Å². The molecule has 0 saturated carbocycles. The van der Waals surface area contributed by atoms with Crippen molar-refractivity contribution >= 4 is 5.78 Å². The standard InChI is InChI=1S/C13H13F2NO4/c1-5-4-20-12-9(15)8(14)2-6-10(12)16(5)3-7(11(6)17)13(18)19/h2-3,5,10,12-13,18-19H,4H2,1H3. The van der Waals surface area contributed by atoms with Gasteiger partial charge in [-0.3, -0.25) is 4.79 Å². The molecule has 2 N–H and O–H groups in total. The monoisotopic (exact) mass is 285 g/mol. The van der Waals surface area contributed by atoms with E-state index in [4.69, 9.17) is 4.74 Å². The molecule has 7 heteroatoms. The van der Waals surface area contributed by atoms with Gasteiger partial charge >= 0.3 is 0 Å². The number of ketones is 1. The molecule has 3 unspecified atom stereocenters. The Labute approximate surface area is 113 Å². The van der Waals surface area contributed by atoms with E-state index in [0.717, 1.165) is 6.08 Å². The van der Waals surface area contributed by atoms with Crippen molar-refractivity contribution in [3.05, 3.63) is 35.1 Å². The quantitative estimate of drug-likeness (QED) is 0.679. The third-order valence-electron chi connectivity index (χ3n) is 3.80. The molecular weight excluding hydrogens is 272 g/mol. The van der Waals surface area contributed by atoms with Crippen molar-refractivity contribution in [2.75, 3.05) is 6.61 Å². The molecule has 3 rings (SSSR count). The summed E-state index contributed by atoms with van der Waals surface area (Å²) in [4.78, 5) is 13.8. The molecule has 20 heavy (non-hydrogen) atoms. The van der Waals surface area contributed by atoms with Crippen molar-refractivity contribution in [2.45, 2.75) is 31.4 Å². The molecule has 0 aromatic heterocycles. The lowest BCUT2D eigenvalue weighted by Crippen LogP contribution is -2.58. The molecule has 1 fully saturated rings. The second-order valence-corrected chi connectivity index (χ2v) is 5.08. The zero-order valence-corrected chi connectivity index (χ0v) is 10.6. The van der Waals surface area contributed by atoms with Gasteiger partial charge in [0, 0.05) is 17.8 Å². The number of Topliss-reactive ketones (excluding diaryl/α,β-unsaturated/α-hetero) is 1. The predicted octanol–water partition coefficient (Wildman–Crippen LogP) is 0.312. The summed E-state index contributed by atoms with van der Waals surface area (Å²) in [6.07, 6.45) is -1.03. The van der Waals surface area contributed by atoms with Gasteiger partial charge in [0.05, 0.1) is 18.2 Å². The highest BCUT2D eigenvalue weighted by atomic mass is 19.2. The number of hydrogen-bond acceptors (Lipinski definition) is 5. The Morgan fingerprint density at radius 1 is 1.45 bits per heavy atom. The van der Waals surface area contributed by atoms with Crippen molar-refractivity contribution < 1.29 is 28.5 Å². The molecule has 3 atom stereocenters. The van der Waals surface area contributed by atoms with Gasteiger partial charge in [0.2, 0.25) is 0 Å². The highest BCUT2D eigenvalue weighted by molar-refractivity contribution is 6.11. The van der Waals surface area contributed by atoms with Crippen molar-refractivity contribution in [3.8, 4) is 0 Å². The van der Waals surface area contributed by atoms with E-state index in [1.165, 1.54) is 6.20 Å². The predicted molar refractivity (Wildman–Crippen MR) is 63.5 cm³/mol. The van der Waals surface area contributed by atoms with E-state index in [-0.39, 0.29) is 23.8 Å². The molecule has 3 aliphatic rings. The Kier molecular flexibility index (Phi) is 3.00. The second kappa shape index (κ2) is 4.47. The molecule has 0 aromatic rings. The number of aliphatic hydroxyl groups excluding tert-OH is 1. The lowest BCUT2D eigenvalue weighted by atomic mass is 9.83. The lowest BCUT2D eigenvalue weighted by Gasteiger charge is -2.48. The fourth-order valence-electron chi connectivity index (χ4n) is 2.79. The third kappa shape index (κ3) is 1.74. The van der Waals surface area contributed by atoms with Crippen molar-refractivity contribution in [1.82, 2.24) is 4.90 Å². The van der Waals surface area contributed by atoms with Crippen molar-refractivity contribution in [1.29, 1.82) is 0 Å². The molecule has 0 aromatic carbocycles. The largest absolute Gasteiger partial charge is 0.366 e. The van der Waals surface area contributed by atoms with Gasteiger partial charge in [0.15, 0.2) is 23.7 Å². The minimum Gasteiger partial charge on any atom is -0.366 e. The Morgan fingerprint density at radius 2 is 2.15 bits per heavy atom. The molecule has 1 saturated heterocycles. The molecule has 0 spiro atoms. The Morgan fingerprint density at radius 3 is 2.80 bits per heavy atom. The molecule has 2 heterocycles. The smallest absolute Gasteiger partial charge is 0.193 e. The zero-order valence-electron chi connectivity index (χ0n) is 10.6. The summed E-state index contributed by atoms with van der Waals surface area (Å²) in [6, 6.07) is -0.969. The van der Waals surface area contributed by atoms with Gasteiger partial charge in [-0.2, -0.15) is 0 Å². The van der Waals surface area contributed by atoms with Crippen molar-refractivity contribution in [2.24, 2.45) is 0 Å². The SMILES string of the molecule is CC1COC2C(F)=C(F)C=C3C(=O)C(C(O)O)=CN1C32. The van der Waals surface area contributed by atoms with Crippen LogP contribution in [0, 0.1) is 0 Å². The summed E-state index contributed by atoms with van der Waals surface area (Å²) in [7, 11) is 0. The number of carbonyl (C=O) groups excluding carboxylic acids is 1. The van der Waals surface area contributed by atoms with Crippen LogP contribution in [0.5, 0.6) is 0 Å². The maximum Gasteiger partial charge on any atom is 0.193 e. The number of allylic oxidation sites excluding steroid dienone is 2. The van der Waals surface area contributed by atoms with Crippen LogP contribution in [0.15, 0.2) is 35.1 Å². The van der Waals surface area contributed by atoms with Gasteiger partial charge in [0.25, 0.3) is 0 Å². The van der Waals surface area contributed by atoms with Gasteiger partial charge in [0.1, 0.15) is 6.10 Å². The van der Waals surface area contributed by atoms with Crippen LogP contribution < -0.4 is 0 Å². The molecule has 2 aliphatic heterocycles. The summed E-state index contributed by atoms with van der Waals surface area (Å²) in [5.74, 6) is -2.89. The van der Waals surface area contributed by atoms with Gasteiger partial charge in [-0.25, -0.2) is 8.78 Å². The number of rotatable bonds is 1. The molecule has 0 amide bonds. The summed E-state index contributed by atoms with van der Waals surface area (Å²) < 4.78 is 32.7. The first kappa shape index (κ1) is 13.4. The third-order valence-corrected chi connectivity index (χ3v) is 3.80. The number of aliphatic hydroxyl groups is 2. The second-order valence-electron chi connectivity index (χ2n) is 5.08. The number of carbonyl (C=O) groups is 1. The van der Waals surface area contributed by atoms with Crippen LogP contribution >= 0.6 is 0 Å². The van der Waals surface area contributed by atoms with Crippen LogP contribution in [-0.2, 0) is 9.53 Å². The summed E-state index contributed by atoms with van der Waals surface area (Å²) >= 11 is 0. The molecular formula is C13H13F2NO4. The van der Waals surface area contributed by atoms with E-state index >= 15 is 0 Å². The summed E-state index contributed by atoms with van der Waals surface area (Å²) in [6.45, 7) is 1.93. The first-order valence-electron chi connectivity index (χ1n) is 6.20. The number of nitrogens with zero attached hydrogens (tertiary/aromatic N) is 1. The lowest BCUT2D eigenvalue weighted by molar-refractivity contribution is -0.122. The average molecular weight is 285 g/mol. The first-order valence-corrected chi connectivity index (χ1v) is 6.20.